The van der Waals surface area contributed by atoms with E-state index in [2.05, 4.69) is 0 Å². The third-order valence-corrected chi connectivity index (χ3v) is 3.61. The molecule has 0 aliphatic carbocycles. The molecule has 0 aliphatic heterocycles. The number of ether oxygens (including phenoxy) is 2. The van der Waals surface area contributed by atoms with Crippen LogP contribution in [0.15, 0.2) is 39.5 Å². The van der Waals surface area contributed by atoms with Gasteiger partial charge in [-0.25, -0.2) is 0 Å². The number of aromatic hydroxyl groups is 3. The largest absolute Gasteiger partial charge is 0.507 e. The molecule has 0 saturated heterocycles. The summed E-state index contributed by atoms with van der Waals surface area (Å²) < 4.78 is 15.6. The van der Waals surface area contributed by atoms with Gasteiger partial charge < -0.3 is 29.2 Å². The molecule has 3 aromatic rings. The van der Waals surface area contributed by atoms with Crippen LogP contribution in [-0.2, 0) is 0 Å². The van der Waals surface area contributed by atoms with Crippen LogP contribution in [0.2, 0.25) is 0 Å². The van der Waals surface area contributed by atoms with Crippen LogP contribution in [0, 0.1) is 0 Å². The Kier molecular flexibility index (Phi) is 3.69. The lowest BCUT2D eigenvalue weighted by atomic mass is 10.1. The first-order chi connectivity index (χ1) is 11.5. The van der Waals surface area contributed by atoms with Gasteiger partial charge in [-0.1, -0.05) is 12.1 Å². The van der Waals surface area contributed by atoms with Crippen LogP contribution < -0.4 is 14.9 Å². The molecule has 7 nitrogen and oxygen atoms in total. The summed E-state index contributed by atoms with van der Waals surface area (Å²) in [4.78, 5) is 12.4. The molecule has 0 spiro atoms. The molecule has 0 fully saturated rings. The Hall–Kier alpha value is -3.35. The summed E-state index contributed by atoms with van der Waals surface area (Å²) >= 11 is 0. The lowest BCUT2D eigenvalue weighted by molar-refractivity contribution is 0.317. The molecule has 1 heterocycles. The SMILES string of the molecule is COc1c(OC)c(O)c2c(=O)cc(-c3ccccc3O)oc2c1O. The van der Waals surface area contributed by atoms with Crippen LogP contribution in [0.3, 0.4) is 0 Å². The van der Waals surface area contributed by atoms with Crippen LogP contribution in [0.1, 0.15) is 0 Å². The first-order valence-corrected chi connectivity index (χ1v) is 6.91. The summed E-state index contributed by atoms with van der Waals surface area (Å²) in [6.45, 7) is 0. The van der Waals surface area contributed by atoms with E-state index in [1.165, 1.54) is 20.3 Å². The van der Waals surface area contributed by atoms with Crippen LogP contribution in [0.4, 0.5) is 0 Å². The standard InChI is InChI=1S/C17H14O7/c1-22-16-13(20)12-10(19)7-11(8-5-3-4-6-9(8)18)24-15(12)14(21)17(16)23-2/h3-7,18,20-21H,1-2H3. The number of hydrogen-bond acceptors (Lipinski definition) is 7. The Labute approximate surface area is 135 Å². The van der Waals surface area contributed by atoms with Gasteiger partial charge in [0.1, 0.15) is 16.9 Å². The van der Waals surface area contributed by atoms with Crippen molar-refractivity contribution in [1.29, 1.82) is 0 Å². The molecule has 0 aliphatic rings. The molecule has 24 heavy (non-hydrogen) atoms. The van der Waals surface area contributed by atoms with E-state index in [0.29, 0.717) is 0 Å². The van der Waals surface area contributed by atoms with E-state index in [0.717, 1.165) is 6.07 Å². The highest BCUT2D eigenvalue weighted by Crippen LogP contribution is 2.49. The van der Waals surface area contributed by atoms with Gasteiger partial charge in [0, 0.05) is 6.07 Å². The molecule has 0 amide bonds. The zero-order chi connectivity index (χ0) is 17.4. The monoisotopic (exact) mass is 330 g/mol. The summed E-state index contributed by atoms with van der Waals surface area (Å²) in [7, 11) is 2.54. The van der Waals surface area contributed by atoms with Gasteiger partial charge >= 0.3 is 0 Å². The van der Waals surface area contributed by atoms with Gasteiger partial charge in [-0.2, -0.15) is 0 Å². The molecular weight excluding hydrogens is 316 g/mol. The van der Waals surface area contributed by atoms with Crippen molar-refractivity contribution < 1.29 is 29.2 Å². The molecule has 0 bridgehead atoms. The fourth-order valence-electron chi connectivity index (χ4n) is 2.51. The van der Waals surface area contributed by atoms with Gasteiger partial charge in [-0.05, 0) is 12.1 Å². The van der Waals surface area contributed by atoms with Crippen molar-refractivity contribution >= 4 is 11.0 Å². The summed E-state index contributed by atoms with van der Waals surface area (Å²) in [5.74, 6) is -1.39. The highest BCUT2D eigenvalue weighted by Gasteiger charge is 2.25. The molecule has 0 unspecified atom stereocenters. The number of fused-ring (bicyclic) bond motifs is 1. The van der Waals surface area contributed by atoms with Crippen LogP contribution in [0.5, 0.6) is 28.7 Å². The number of methoxy groups -OCH3 is 2. The average molecular weight is 330 g/mol. The van der Waals surface area contributed by atoms with E-state index in [1.54, 1.807) is 18.2 Å². The fourth-order valence-corrected chi connectivity index (χ4v) is 2.51. The highest BCUT2D eigenvalue weighted by atomic mass is 16.5. The van der Waals surface area contributed by atoms with E-state index in [-0.39, 0.29) is 39.5 Å². The lowest BCUT2D eigenvalue weighted by Crippen LogP contribution is -2.03. The van der Waals surface area contributed by atoms with Gasteiger partial charge in [0.05, 0.1) is 19.8 Å². The minimum Gasteiger partial charge on any atom is -0.507 e. The summed E-state index contributed by atoms with van der Waals surface area (Å²) in [5.41, 5.74) is -0.607. The zero-order valence-electron chi connectivity index (χ0n) is 12.9. The topological polar surface area (TPSA) is 109 Å². The number of hydrogen-bond donors (Lipinski definition) is 3. The van der Waals surface area contributed by atoms with Crippen LogP contribution >= 0.6 is 0 Å². The Morgan fingerprint density at radius 2 is 1.58 bits per heavy atom. The van der Waals surface area contributed by atoms with Crippen molar-refractivity contribution in [3.05, 3.63) is 40.6 Å². The predicted molar refractivity (Wildman–Crippen MR) is 86.0 cm³/mol. The van der Waals surface area contributed by atoms with E-state index >= 15 is 0 Å². The second-order valence-electron chi connectivity index (χ2n) is 4.96. The summed E-state index contributed by atoms with van der Waals surface area (Å²) in [6.07, 6.45) is 0. The third-order valence-electron chi connectivity index (χ3n) is 3.61. The van der Waals surface area contributed by atoms with Crippen molar-refractivity contribution in [2.75, 3.05) is 14.2 Å². The van der Waals surface area contributed by atoms with Gasteiger partial charge in [0.15, 0.2) is 16.8 Å². The van der Waals surface area contributed by atoms with Gasteiger partial charge in [0.2, 0.25) is 17.2 Å². The molecule has 2 aromatic carbocycles. The van der Waals surface area contributed by atoms with Gasteiger partial charge in [-0.15, -0.1) is 0 Å². The van der Waals surface area contributed by atoms with Crippen molar-refractivity contribution in [1.82, 2.24) is 0 Å². The predicted octanol–water partition coefficient (Wildman–Crippen LogP) is 2.59. The Morgan fingerprint density at radius 3 is 2.21 bits per heavy atom. The molecule has 124 valence electrons. The van der Waals surface area contributed by atoms with Crippen molar-refractivity contribution in [2.45, 2.75) is 0 Å². The number of phenols is 3. The van der Waals surface area contributed by atoms with Crippen LogP contribution in [0.25, 0.3) is 22.3 Å². The van der Waals surface area contributed by atoms with E-state index < -0.39 is 16.9 Å². The van der Waals surface area contributed by atoms with Crippen molar-refractivity contribution in [3.63, 3.8) is 0 Å². The molecule has 0 atom stereocenters. The minimum atomic E-state index is -0.608. The maximum atomic E-state index is 12.4. The Balaban J connectivity index is 2.43. The Morgan fingerprint density at radius 1 is 0.958 bits per heavy atom. The first kappa shape index (κ1) is 15.5. The maximum absolute atomic E-state index is 12.4. The second-order valence-corrected chi connectivity index (χ2v) is 4.96. The fraction of sp³-hybridized carbons (Fsp3) is 0.118. The van der Waals surface area contributed by atoms with E-state index in [1.807, 2.05) is 0 Å². The van der Waals surface area contributed by atoms with Crippen molar-refractivity contribution in [2.24, 2.45) is 0 Å². The molecule has 7 heteroatoms. The molecule has 0 saturated carbocycles. The second kappa shape index (κ2) is 5.69. The Bertz CT molecular complexity index is 988. The lowest BCUT2D eigenvalue weighted by Gasteiger charge is -2.14. The van der Waals surface area contributed by atoms with Crippen molar-refractivity contribution in [3.8, 4) is 40.1 Å². The molecular formula is C17H14O7. The normalized spacial score (nSPS) is 10.8. The summed E-state index contributed by atoms with van der Waals surface area (Å²) in [5, 5.41) is 30.3. The zero-order valence-corrected chi connectivity index (χ0v) is 12.9. The highest BCUT2D eigenvalue weighted by molar-refractivity contribution is 5.95. The summed E-state index contributed by atoms with van der Waals surface area (Å²) in [6, 6.07) is 7.38. The molecule has 0 radical (unpaired) electrons. The third kappa shape index (κ3) is 2.18. The van der Waals surface area contributed by atoms with E-state index in [4.69, 9.17) is 13.9 Å². The number of benzene rings is 2. The average Bonchev–Trinajstić information content (AvgIpc) is 2.57. The van der Waals surface area contributed by atoms with Gasteiger partial charge in [-0.3, -0.25) is 4.79 Å². The molecule has 1 aromatic heterocycles. The number of para-hydroxylation sites is 1. The molecule has 3 N–H and O–H groups in total. The maximum Gasteiger partial charge on any atom is 0.211 e. The quantitative estimate of drug-likeness (QED) is 0.633. The van der Waals surface area contributed by atoms with Gasteiger partial charge in [0.25, 0.3) is 0 Å². The smallest absolute Gasteiger partial charge is 0.211 e. The minimum absolute atomic E-state index is 0.0347. The first-order valence-electron chi connectivity index (χ1n) is 6.91. The number of rotatable bonds is 3. The van der Waals surface area contributed by atoms with E-state index in [9.17, 15) is 20.1 Å². The molecule has 3 rings (SSSR count). The number of phenolic OH excluding ortho intramolecular Hbond substituents is 3. The van der Waals surface area contributed by atoms with Crippen LogP contribution in [-0.4, -0.2) is 29.5 Å².